The molecule has 0 bridgehead atoms. The van der Waals surface area contributed by atoms with Crippen LogP contribution in [-0.4, -0.2) is 33.3 Å². The summed E-state index contributed by atoms with van der Waals surface area (Å²) in [5, 5.41) is 22.0. The molecule has 0 saturated carbocycles. The predicted molar refractivity (Wildman–Crippen MR) is 74.7 cm³/mol. The van der Waals surface area contributed by atoms with Gasteiger partial charge in [0.1, 0.15) is 11.4 Å². The van der Waals surface area contributed by atoms with Crippen molar-refractivity contribution in [2.75, 3.05) is 11.9 Å². The molecule has 0 fully saturated rings. The number of pyridine rings is 1. The molecule has 0 unspecified atom stereocenters. The van der Waals surface area contributed by atoms with Crippen molar-refractivity contribution in [2.45, 2.75) is 46.1 Å². The van der Waals surface area contributed by atoms with Crippen molar-refractivity contribution >= 4 is 11.8 Å². The quantitative estimate of drug-likeness (QED) is 0.736. The Morgan fingerprint density at radius 1 is 1.37 bits per heavy atom. The number of anilines is 1. The topological polar surface area (TPSA) is 82.5 Å². The summed E-state index contributed by atoms with van der Waals surface area (Å²) < 4.78 is 0. The van der Waals surface area contributed by atoms with Gasteiger partial charge in [0.25, 0.3) is 0 Å². The van der Waals surface area contributed by atoms with Gasteiger partial charge in [-0.1, -0.05) is 13.8 Å². The Kier molecular flexibility index (Phi) is 4.89. The molecule has 5 heteroatoms. The first-order chi connectivity index (χ1) is 8.89. The van der Waals surface area contributed by atoms with Crippen molar-refractivity contribution in [3.05, 3.63) is 22.9 Å². The maximum Gasteiger partial charge on any atom is 0.339 e. The van der Waals surface area contributed by atoms with Gasteiger partial charge in [-0.25, -0.2) is 9.78 Å². The zero-order valence-electron chi connectivity index (χ0n) is 11.9. The third kappa shape index (κ3) is 3.23. The van der Waals surface area contributed by atoms with Gasteiger partial charge in [-0.2, -0.15) is 0 Å². The highest BCUT2D eigenvalue weighted by molar-refractivity contribution is 5.95. The molecule has 0 aliphatic rings. The van der Waals surface area contributed by atoms with Crippen molar-refractivity contribution < 1.29 is 15.0 Å². The molecule has 0 amide bonds. The molecule has 0 spiro atoms. The maximum atomic E-state index is 11.4. The fourth-order valence-corrected chi connectivity index (χ4v) is 2.14. The van der Waals surface area contributed by atoms with E-state index in [1.807, 2.05) is 20.8 Å². The Morgan fingerprint density at radius 3 is 2.37 bits per heavy atom. The number of nitrogens with zero attached hydrogens (tertiary/aromatic N) is 1. The largest absolute Gasteiger partial charge is 0.478 e. The Bertz CT molecular complexity index is 460. The minimum absolute atomic E-state index is 0.0618. The molecule has 0 aliphatic heterocycles. The lowest BCUT2D eigenvalue weighted by Gasteiger charge is -2.32. The minimum Gasteiger partial charge on any atom is -0.478 e. The maximum absolute atomic E-state index is 11.4. The first kappa shape index (κ1) is 15.4. The number of hydrogen-bond acceptors (Lipinski definition) is 4. The Hall–Kier alpha value is -1.62. The normalized spacial score (nSPS) is 11.4. The van der Waals surface area contributed by atoms with E-state index in [4.69, 9.17) is 0 Å². The van der Waals surface area contributed by atoms with Crippen LogP contribution < -0.4 is 5.32 Å². The average molecular weight is 266 g/mol. The molecule has 0 radical (unpaired) electrons. The number of hydrogen-bond donors (Lipinski definition) is 3. The third-order valence-corrected chi connectivity index (χ3v) is 3.60. The highest BCUT2D eigenvalue weighted by atomic mass is 16.4. The number of aryl methyl sites for hydroxylation is 2. The van der Waals surface area contributed by atoms with Crippen LogP contribution in [0.4, 0.5) is 5.82 Å². The van der Waals surface area contributed by atoms with Gasteiger partial charge in [0.15, 0.2) is 0 Å². The van der Waals surface area contributed by atoms with E-state index in [1.54, 1.807) is 13.0 Å². The number of aromatic nitrogens is 1. The van der Waals surface area contributed by atoms with Gasteiger partial charge in [-0.05, 0) is 38.3 Å². The Morgan fingerprint density at radius 2 is 1.95 bits per heavy atom. The van der Waals surface area contributed by atoms with Crippen molar-refractivity contribution in [2.24, 2.45) is 0 Å². The lowest BCUT2D eigenvalue weighted by molar-refractivity contribution is 0.0696. The summed E-state index contributed by atoms with van der Waals surface area (Å²) in [5.74, 6) is -0.672. The summed E-state index contributed by atoms with van der Waals surface area (Å²) in [6.07, 6.45) is 1.38. The molecule has 0 saturated heterocycles. The molecular weight excluding hydrogens is 244 g/mol. The van der Waals surface area contributed by atoms with Crippen molar-refractivity contribution in [3.8, 4) is 0 Å². The standard InChI is InChI=1S/C14H22N2O3/c1-5-14(6-2,8-17)16-12-11(13(18)19)9(3)7-10(4)15-12/h7,17H,5-6,8H2,1-4H3,(H,15,16)(H,18,19). The molecule has 1 heterocycles. The van der Waals surface area contributed by atoms with Crippen LogP contribution in [0.1, 0.15) is 48.3 Å². The molecule has 0 atom stereocenters. The molecule has 0 aromatic carbocycles. The van der Waals surface area contributed by atoms with E-state index in [2.05, 4.69) is 10.3 Å². The van der Waals surface area contributed by atoms with Crippen LogP contribution in [0.5, 0.6) is 0 Å². The summed E-state index contributed by atoms with van der Waals surface area (Å²) >= 11 is 0. The van der Waals surface area contributed by atoms with Gasteiger partial charge >= 0.3 is 5.97 Å². The van der Waals surface area contributed by atoms with Crippen molar-refractivity contribution in [1.82, 2.24) is 4.98 Å². The van der Waals surface area contributed by atoms with E-state index in [9.17, 15) is 15.0 Å². The number of carboxylic acids is 1. The second-order valence-corrected chi connectivity index (χ2v) is 4.88. The van der Waals surface area contributed by atoms with Gasteiger partial charge < -0.3 is 15.5 Å². The Labute approximate surface area is 113 Å². The smallest absolute Gasteiger partial charge is 0.339 e. The molecule has 5 nitrogen and oxygen atoms in total. The first-order valence-electron chi connectivity index (χ1n) is 6.49. The molecule has 0 aliphatic carbocycles. The van der Waals surface area contributed by atoms with Gasteiger partial charge in [-0.3, -0.25) is 0 Å². The summed E-state index contributed by atoms with van der Waals surface area (Å²) in [4.78, 5) is 15.6. The highest BCUT2D eigenvalue weighted by Crippen LogP contribution is 2.25. The molecule has 19 heavy (non-hydrogen) atoms. The van der Waals surface area contributed by atoms with Crippen molar-refractivity contribution in [1.29, 1.82) is 0 Å². The van der Waals surface area contributed by atoms with E-state index in [1.165, 1.54) is 0 Å². The second kappa shape index (κ2) is 6.02. The number of rotatable bonds is 6. The number of carboxylic acid groups (broad SMARTS) is 1. The number of carbonyl (C=O) groups is 1. The predicted octanol–water partition coefficient (Wildman–Crippen LogP) is 2.36. The fraction of sp³-hybridized carbons (Fsp3) is 0.571. The van der Waals surface area contributed by atoms with Crippen LogP contribution in [0.3, 0.4) is 0 Å². The number of nitrogens with one attached hydrogen (secondary N) is 1. The van der Waals surface area contributed by atoms with Gasteiger partial charge in [0.05, 0.1) is 12.1 Å². The number of aliphatic hydroxyl groups excluding tert-OH is 1. The first-order valence-corrected chi connectivity index (χ1v) is 6.49. The van der Waals surface area contributed by atoms with Crippen LogP contribution in [0.15, 0.2) is 6.07 Å². The lowest BCUT2D eigenvalue weighted by Crippen LogP contribution is -2.41. The zero-order chi connectivity index (χ0) is 14.6. The number of aromatic carboxylic acids is 1. The van der Waals surface area contributed by atoms with Crippen LogP contribution in [0.25, 0.3) is 0 Å². The molecular formula is C14H22N2O3. The fourth-order valence-electron chi connectivity index (χ4n) is 2.14. The molecule has 106 valence electrons. The van der Waals surface area contributed by atoms with E-state index >= 15 is 0 Å². The minimum atomic E-state index is -1.01. The summed E-state index contributed by atoms with van der Waals surface area (Å²) in [7, 11) is 0. The van der Waals surface area contributed by atoms with Crippen LogP contribution in [0.2, 0.25) is 0 Å². The molecule has 1 aromatic heterocycles. The highest BCUT2D eigenvalue weighted by Gasteiger charge is 2.28. The molecule has 3 N–H and O–H groups in total. The molecule has 1 rings (SSSR count). The third-order valence-electron chi connectivity index (χ3n) is 3.60. The number of aliphatic hydroxyl groups is 1. The van der Waals surface area contributed by atoms with Crippen LogP contribution >= 0.6 is 0 Å². The van der Waals surface area contributed by atoms with E-state index in [-0.39, 0.29) is 12.2 Å². The van der Waals surface area contributed by atoms with Crippen LogP contribution in [0, 0.1) is 13.8 Å². The van der Waals surface area contributed by atoms with E-state index < -0.39 is 11.5 Å². The van der Waals surface area contributed by atoms with E-state index in [0.29, 0.717) is 24.2 Å². The van der Waals surface area contributed by atoms with Gasteiger partial charge in [0, 0.05) is 5.69 Å². The SMILES string of the molecule is CCC(CC)(CO)Nc1nc(C)cc(C)c1C(=O)O. The van der Waals surface area contributed by atoms with Crippen LogP contribution in [-0.2, 0) is 0 Å². The van der Waals surface area contributed by atoms with Gasteiger partial charge in [-0.15, -0.1) is 0 Å². The second-order valence-electron chi connectivity index (χ2n) is 4.88. The van der Waals surface area contributed by atoms with Gasteiger partial charge in [0.2, 0.25) is 0 Å². The lowest BCUT2D eigenvalue weighted by atomic mass is 9.93. The summed E-state index contributed by atoms with van der Waals surface area (Å²) in [6.45, 7) is 7.42. The summed E-state index contributed by atoms with van der Waals surface area (Å²) in [6, 6.07) is 1.74. The van der Waals surface area contributed by atoms with Crippen molar-refractivity contribution in [3.63, 3.8) is 0 Å². The zero-order valence-corrected chi connectivity index (χ0v) is 11.9. The average Bonchev–Trinajstić information content (AvgIpc) is 2.34. The monoisotopic (exact) mass is 266 g/mol. The Balaban J connectivity index is 3.30. The summed E-state index contributed by atoms with van der Waals surface area (Å²) in [5.41, 5.74) is 1.06. The van der Waals surface area contributed by atoms with E-state index in [0.717, 1.165) is 5.69 Å². The molecule has 1 aromatic rings.